The second-order valence-electron chi connectivity index (χ2n) is 3.98. The second-order valence-corrected chi connectivity index (χ2v) is 4.90. The summed E-state index contributed by atoms with van der Waals surface area (Å²) in [7, 11) is 0. The lowest BCUT2D eigenvalue weighted by molar-refractivity contribution is 1.04. The van der Waals surface area contributed by atoms with E-state index >= 15 is 0 Å². The van der Waals surface area contributed by atoms with Crippen molar-refractivity contribution >= 4 is 21.6 Å². The number of nitrogens with one attached hydrogen (secondary N) is 1. The lowest BCUT2D eigenvalue weighted by Gasteiger charge is -2.08. The molecule has 0 saturated carbocycles. The monoisotopic (exact) mass is 301 g/mol. The van der Waals surface area contributed by atoms with Gasteiger partial charge in [-0.15, -0.1) is 0 Å². The van der Waals surface area contributed by atoms with E-state index in [1.54, 1.807) is 6.07 Å². The SMILES string of the molecule is Cc1ccc(CNc2ccc(Br)cc2C#N)nc1. The normalized spacial score (nSPS) is 9.83. The summed E-state index contributed by atoms with van der Waals surface area (Å²) in [5.41, 5.74) is 3.53. The fourth-order valence-electron chi connectivity index (χ4n) is 1.55. The lowest BCUT2D eigenvalue weighted by Crippen LogP contribution is -2.03. The number of rotatable bonds is 3. The first-order valence-corrected chi connectivity index (χ1v) is 6.33. The van der Waals surface area contributed by atoms with E-state index < -0.39 is 0 Å². The zero-order chi connectivity index (χ0) is 13.0. The predicted molar refractivity (Wildman–Crippen MR) is 75.2 cm³/mol. The average molecular weight is 302 g/mol. The fraction of sp³-hybridized carbons (Fsp3) is 0.143. The molecule has 0 atom stereocenters. The molecule has 0 aliphatic carbocycles. The fourth-order valence-corrected chi connectivity index (χ4v) is 1.91. The minimum atomic E-state index is 0.608. The van der Waals surface area contributed by atoms with Crippen LogP contribution < -0.4 is 5.32 Å². The summed E-state index contributed by atoms with van der Waals surface area (Å²) in [4.78, 5) is 4.31. The molecule has 0 fully saturated rings. The van der Waals surface area contributed by atoms with Gasteiger partial charge in [0.15, 0.2) is 0 Å². The standard InChI is InChI=1S/C14H12BrN3/c1-10-2-4-13(17-8-10)9-18-14-5-3-12(15)6-11(14)7-16/h2-6,8,18H,9H2,1H3. The Kier molecular flexibility index (Phi) is 3.96. The highest BCUT2D eigenvalue weighted by Crippen LogP contribution is 2.20. The summed E-state index contributed by atoms with van der Waals surface area (Å²) < 4.78 is 0.901. The van der Waals surface area contributed by atoms with Crippen molar-refractivity contribution in [3.63, 3.8) is 0 Å². The third-order valence-corrected chi connectivity index (χ3v) is 3.03. The van der Waals surface area contributed by atoms with Crippen LogP contribution in [0, 0.1) is 18.3 Å². The van der Waals surface area contributed by atoms with Crippen molar-refractivity contribution in [3.8, 4) is 6.07 Å². The Labute approximate surface area is 115 Å². The molecule has 1 aromatic heterocycles. The van der Waals surface area contributed by atoms with Crippen LogP contribution in [-0.2, 0) is 6.54 Å². The van der Waals surface area contributed by atoms with Gasteiger partial charge in [0.05, 0.1) is 23.5 Å². The zero-order valence-electron chi connectivity index (χ0n) is 9.94. The highest BCUT2D eigenvalue weighted by atomic mass is 79.9. The molecule has 4 heteroatoms. The molecule has 0 aliphatic rings. The smallest absolute Gasteiger partial charge is 0.101 e. The average Bonchev–Trinajstić information content (AvgIpc) is 2.39. The molecule has 0 unspecified atom stereocenters. The zero-order valence-corrected chi connectivity index (χ0v) is 11.5. The maximum atomic E-state index is 9.05. The van der Waals surface area contributed by atoms with Gasteiger partial charge in [-0.2, -0.15) is 5.26 Å². The largest absolute Gasteiger partial charge is 0.378 e. The molecule has 1 aromatic carbocycles. The summed E-state index contributed by atoms with van der Waals surface area (Å²) in [5.74, 6) is 0. The van der Waals surface area contributed by atoms with Gasteiger partial charge in [-0.25, -0.2) is 0 Å². The van der Waals surface area contributed by atoms with Crippen molar-refractivity contribution in [2.75, 3.05) is 5.32 Å². The molecular weight excluding hydrogens is 290 g/mol. The van der Waals surface area contributed by atoms with Crippen LogP contribution in [0.4, 0.5) is 5.69 Å². The summed E-state index contributed by atoms with van der Waals surface area (Å²) in [6, 6.07) is 11.8. The Bertz CT molecular complexity index is 585. The molecule has 90 valence electrons. The van der Waals surface area contributed by atoms with E-state index in [1.807, 2.05) is 37.4 Å². The van der Waals surface area contributed by atoms with Crippen molar-refractivity contribution < 1.29 is 0 Å². The number of aromatic nitrogens is 1. The molecule has 0 aliphatic heterocycles. The van der Waals surface area contributed by atoms with Gasteiger partial charge >= 0.3 is 0 Å². The first kappa shape index (κ1) is 12.6. The molecule has 0 radical (unpaired) electrons. The van der Waals surface area contributed by atoms with Crippen molar-refractivity contribution in [1.82, 2.24) is 4.98 Å². The van der Waals surface area contributed by atoms with E-state index in [2.05, 4.69) is 32.3 Å². The van der Waals surface area contributed by atoms with Crippen molar-refractivity contribution in [2.24, 2.45) is 0 Å². The topological polar surface area (TPSA) is 48.7 Å². The van der Waals surface area contributed by atoms with Gasteiger partial charge in [-0.3, -0.25) is 4.98 Å². The van der Waals surface area contributed by atoms with Gasteiger partial charge in [-0.05, 0) is 36.8 Å². The number of pyridine rings is 1. The number of hydrogen-bond acceptors (Lipinski definition) is 3. The maximum Gasteiger partial charge on any atom is 0.101 e. The maximum absolute atomic E-state index is 9.05. The van der Waals surface area contributed by atoms with E-state index in [0.717, 1.165) is 21.4 Å². The van der Waals surface area contributed by atoms with Crippen LogP contribution in [0.1, 0.15) is 16.8 Å². The molecule has 1 heterocycles. The molecule has 18 heavy (non-hydrogen) atoms. The minimum absolute atomic E-state index is 0.608. The summed E-state index contributed by atoms with van der Waals surface area (Å²) in [5, 5.41) is 12.3. The van der Waals surface area contributed by atoms with Gasteiger partial charge in [0.25, 0.3) is 0 Å². The van der Waals surface area contributed by atoms with Crippen molar-refractivity contribution in [1.29, 1.82) is 5.26 Å². The Morgan fingerprint density at radius 3 is 2.83 bits per heavy atom. The molecule has 0 bridgehead atoms. The highest BCUT2D eigenvalue weighted by Gasteiger charge is 2.02. The van der Waals surface area contributed by atoms with E-state index in [0.29, 0.717) is 12.1 Å². The number of nitriles is 1. The van der Waals surface area contributed by atoms with Gasteiger partial charge in [0.1, 0.15) is 6.07 Å². The predicted octanol–water partition coefficient (Wildman–Crippen LogP) is 3.64. The third kappa shape index (κ3) is 3.08. The quantitative estimate of drug-likeness (QED) is 0.941. The lowest BCUT2D eigenvalue weighted by atomic mass is 10.2. The van der Waals surface area contributed by atoms with Crippen LogP contribution in [-0.4, -0.2) is 4.98 Å². The van der Waals surface area contributed by atoms with Crippen LogP contribution in [0.15, 0.2) is 41.0 Å². The summed E-state index contributed by atoms with van der Waals surface area (Å²) >= 11 is 3.35. The van der Waals surface area contributed by atoms with Crippen LogP contribution in [0.3, 0.4) is 0 Å². The van der Waals surface area contributed by atoms with E-state index in [9.17, 15) is 0 Å². The van der Waals surface area contributed by atoms with Gasteiger partial charge in [0, 0.05) is 10.7 Å². The second kappa shape index (κ2) is 5.65. The molecule has 3 nitrogen and oxygen atoms in total. The number of halogens is 1. The molecule has 2 aromatic rings. The Morgan fingerprint density at radius 2 is 2.17 bits per heavy atom. The summed E-state index contributed by atoms with van der Waals surface area (Å²) in [6.45, 7) is 2.61. The molecule has 2 rings (SSSR count). The Hall–Kier alpha value is -1.86. The Morgan fingerprint density at radius 1 is 1.33 bits per heavy atom. The van der Waals surface area contributed by atoms with E-state index in [-0.39, 0.29) is 0 Å². The molecule has 0 amide bonds. The first-order chi connectivity index (χ1) is 8.69. The number of anilines is 1. The first-order valence-electron chi connectivity index (χ1n) is 5.54. The summed E-state index contributed by atoms with van der Waals surface area (Å²) in [6.07, 6.45) is 1.84. The van der Waals surface area contributed by atoms with E-state index in [1.165, 1.54) is 0 Å². The number of nitrogens with zero attached hydrogens (tertiary/aromatic N) is 2. The third-order valence-electron chi connectivity index (χ3n) is 2.53. The molecular formula is C14H12BrN3. The van der Waals surface area contributed by atoms with Crippen LogP contribution in [0.5, 0.6) is 0 Å². The van der Waals surface area contributed by atoms with Crippen LogP contribution in [0.2, 0.25) is 0 Å². The van der Waals surface area contributed by atoms with Crippen molar-refractivity contribution in [3.05, 3.63) is 57.8 Å². The highest BCUT2D eigenvalue weighted by molar-refractivity contribution is 9.10. The Balaban J connectivity index is 2.11. The van der Waals surface area contributed by atoms with Gasteiger partial charge in [-0.1, -0.05) is 22.0 Å². The molecule has 1 N–H and O–H groups in total. The van der Waals surface area contributed by atoms with Gasteiger partial charge in [0.2, 0.25) is 0 Å². The van der Waals surface area contributed by atoms with E-state index in [4.69, 9.17) is 5.26 Å². The molecule has 0 saturated heterocycles. The number of benzene rings is 1. The minimum Gasteiger partial charge on any atom is -0.378 e. The van der Waals surface area contributed by atoms with Crippen LogP contribution in [0.25, 0.3) is 0 Å². The van der Waals surface area contributed by atoms with Crippen molar-refractivity contribution in [2.45, 2.75) is 13.5 Å². The number of hydrogen-bond donors (Lipinski definition) is 1. The van der Waals surface area contributed by atoms with Gasteiger partial charge < -0.3 is 5.32 Å². The van der Waals surface area contributed by atoms with Crippen LogP contribution >= 0.6 is 15.9 Å². The molecule has 0 spiro atoms. The number of aryl methyl sites for hydroxylation is 1.